The summed E-state index contributed by atoms with van der Waals surface area (Å²) in [5.74, 6) is -2.26. The lowest BCUT2D eigenvalue weighted by Crippen LogP contribution is -2.41. The van der Waals surface area contributed by atoms with Gasteiger partial charge in [0.05, 0.1) is 18.6 Å². The van der Waals surface area contributed by atoms with Gasteiger partial charge in [-0.3, -0.25) is 24.3 Å². The average Bonchev–Trinajstić information content (AvgIpc) is 3.27. The van der Waals surface area contributed by atoms with Crippen molar-refractivity contribution < 1.29 is 18.4 Å². The fourth-order valence-corrected chi connectivity index (χ4v) is 4.35. The number of likely N-dealkylation sites (N-methyl/N-ethyl adjacent to an activating group) is 1. The lowest BCUT2D eigenvalue weighted by molar-refractivity contribution is -0.127. The van der Waals surface area contributed by atoms with E-state index in [0.29, 0.717) is 54.5 Å². The Morgan fingerprint density at radius 1 is 1.29 bits per heavy atom. The molecule has 3 N–H and O–H groups in total. The SMILES string of the molecule is CCC(=O)C1CC(C(C(=O)N(C)C(=N)N)c2cccc(-c3cccnc3F)c2)=CN1CCCCF. The number of unbranched alkanes of at least 4 members (excludes halogenated alkanes) is 1. The van der Waals surface area contributed by atoms with Crippen LogP contribution >= 0.6 is 0 Å². The van der Waals surface area contributed by atoms with E-state index in [-0.39, 0.29) is 5.78 Å². The summed E-state index contributed by atoms with van der Waals surface area (Å²) in [6.45, 7) is 1.85. The number of hydrogen-bond acceptors (Lipinski definition) is 5. The Bertz CT molecular complexity index is 1120. The number of rotatable bonds is 10. The number of nitrogens with two attached hydrogens (primary N) is 1. The molecule has 35 heavy (non-hydrogen) atoms. The third-order valence-electron chi connectivity index (χ3n) is 6.28. The molecule has 0 aliphatic carbocycles. The molecule has 2 heterocycles. The highest BCUT2D eigenvalue weighted by molar-refractivity contribution is 5.99. The van der Waals surface area contributed by atoms with Crippen LogP contribution in [0, 0.1) is 11.4 Å². The van der Waals surface area contributed by atoms with E-state index in [1.54, 1.807) is 43.3 Å². The zero-order valence-corrected chi connectivity index (χ0v) is 20.0. The van der Waals surface area contributed by atoms with Gasteiger partial charge in [-0.2, -0.15) is 4.39 Å². The number of Topliss-reactive ketones (excluding diaryl/α,β-unsaturated/α-hetero) is 1. The summed E-state index contributed by atoms with van der Waals surface area (Å²) in [5.41, 5.74) is 7.74. The van der Waals surface area contributed by atoms with Crippen LogP contribution in [-0.2, 0) is 9.59 Å². The molecule has 186 valence electrons. The van der Waals surface area contributed by atoms with Crippen molar-refractivity contribution in [3.05, 3.63) is 65.9 Å². The number of hydrogen-bond donors (Lipinski definition) is 2. The van der Waals surface area contributed by atoms with Gasteiger partial charge >= 0.3 is 0 Å². The third-order valence-corrected chi connectivity index (χ3v) is 6.28. The van der Waals surface area contributed by atoms with Crippen molar-refractivity contribution in [2.24, 2.45) is 5.73 Å². The molecule has 0 saturated carbocycles. The second-order valence-electron chi connectivity index (χ2n) is 8.56. The quantitative estimate of drug-likeness (QED) is 0.230. The number of ketones is 1. The number of carbonyl (C=O) groups excluding carboxylic acids is 2. The van der Waals surface area contributed by atoms with Gasteiger partial charge in [0.25, 0.3) is 0 Å². The second-order valence-corrected chi connectivity index (χ2v) is 8.56. The highest BCUT2D eigenvalue weighted by atomic mass is 19.1. The minimum Gasteiger partial charge on any atom is -0.370 e. The number of nitrogens with one attached hydrogen (secondary N) is 1. The van der Waals surface area contributed by atoms with Crippen LogP contribution < -0.4 is 5.73 Å². The molecule has 1 aromatic carbocycles. The molecular formula is C26H31F2N5O2. The minimum absolute atomic E-state index is 0.0359. The van der Waals surface area contributed by atoms with Crippen LogP contribution in [0.4, 0.5) is 8.78 Å². The van der Waals surface area contributed by atoms with Crippen molar-refractivity contribution in [3.63, 3.8) is 0 Å². The summed E-state index contributed by atoms with van der Waals surface area (Å²) in [6.07, 6.45) is 4.81. The van der Waals surface area contributed by atoms with Crippen LogP contribution in [-0.4, -0.2) is 58.7 Å². The molecule has 3 rings (SSSR count). The van der Waals surface area contributed by atoms with Crippen LogP contribution in [0.1, 0.15) is 44.1 Å². The Hall–Kier alpha value is -3.62. The third kappa shape index (κ3) is 5.90. The Morgan fingerprint density at radius 3 is 2.71 bits per heavy atom. The fourth-order valence-electron chi connectivity index (χ4n) is 4.35. The predicted octanol–water partition coefficient (Wildman–Crippen LogP) is 4.01. The van der Waals surface area contributed by atoms with Crippen molar-refractivity contribution in [1.29, 1.82) is 5.41 Å². The molecule has 1 amide bonds. The lowest BCUT2D eigenvalue weighted by atomic mass is 9.86. The van der Waals surface area contributed by atoms with Crippen molar-refractivity contribution in [3.8, 4) is 11.1 Å². The molecule has 1 aromatic heterocycles. The molecule has 1 aliphatic rings. The number of carbonyl (C=O) groups is 2. The van der Waals surface area contributed by atoms with E-state index in [0.717, 1.165) is 4.90 Å². The van der Waals surface area contributed by atoms with Gasteiger partial charge in [0.1, 0.15) is 0 Å². The molecule has 0 fully saturated rings. The van der Waals surface area contributed by atoms with Gasteiger partial charge < -0.3 is 10.6 Å². The lowest BCUT2D eigenvalue weighted by Gasteiger charge is -2.25. The van der Waals surface area contributed by atoms with Crippen molar-refractivity contribution in [1.82, 2.24) is 14.8 Å². The Labute approximate surface area is 204 Å². The molecule has 2 unspecified atom stereocenters. The number of benzene rings is 1. The monoisotopic (exact) mass is 483 g/mol. The first-order valence-electron chi connectivity index (χ1n) is 11.7. The first-order valence-corrected chi connectivity index (χ1v) is 11.7. The number of halogens is 2. The van der Waals surface area contributed by atoms with E-state index in [9.17, 15) is 18.4 Å². The van der Waals surface area contributed by atoms with Gasteiger partial charge in [-0.25, -0.2) is 4.98 Å². The van der Waals surface area contributed by atoms with E-state index < -0.39 is 36.4 Å². The number of alkyl halides is 1. The van der Waals surface area contributed by atoms with Crippen LogP contribution in [0.25, 0.3) is 11.1 Å². The molecule has 7 nitrogen and oxygen atoms in total. The summed E-state index contributed by atoms with van der Waals surface area (Å²) < 4.78 is 27.0. The molecule has 0 saturated heterocycles. The molecule has 9 heteroatoms. The number of guanidine groups is 1. The Kier molecular flexibility index (Phi) is 8.68. The molecule has 1 aliphatic heterocycles. The molecule has 2 atom stereocenters. The Balaban J connectivity index is 2.06. The summed E-state index contributed by atoms with van der Waals surface area (Å²) in [7, 11) is 1.42. The average molecular weight is 484 g/mol. The predicted molar refractivity (Wildman–Crippen MR) is 131 cm³/mol. The highest BCUT2D eigenvalue weighted by Gasteiger charge is 2.37. The van der Waals surface area contributed by atoms with Gasteiger partial charge in [0.2, 0.25) is 11.9 Å². The standard InChI is InChI=1S/C26H31F2N5O2/c1-3-22(34)21-15-19(16-33(21)13-5-4-11-27)23(25(35)32(2)26(29)30)18-9-6-8-17(14-18)20-10-7-12-31-24(20)28/h6-10,12,14,16,21,23H,3-5,11,13,15H2,1-2H3,(H3,29,30). The smallest absolute Gasteiger partial charge is 0.240 e. The van der Waals surface area contributed by atoms with Crippen LogP contribution in [0.2, 0.25) is 0 Å². The number of nitrogens with zero attached hydrogens (tertiary/aromatic N) is 3. The highest BCUT2D eigenvalue weighted by Crippen LogP contribution is 2.37. The summed E-state index contributed by atoms with van der Waals surface area (Å²) in [4.78, 5) is 32.9. The van der Waals surface area contributed by atoms with Gasteiger partial charge in [-0.05, 0) is 54.2 Å². The maximum absolute atomic E-state index is 14.4. The normalized spacial score (nSPS) is 16.1. The van der Waals surface area contributed by atoms with Gasteiger partial charge in [-0.15, -0.1) is 0 Å². The van der Waals surface area contributed by atoms with E-state index in [1.807, 2.05) is 11.1 Å². The van der Waals surface area contributed by atoms with Gasteiger partial charge in [-0.1, -0.05) is 25.1 Å². The van der Waals surface area contributed by atoms with E-state index >= 15 is 0 Å². The van der Waals surface area contributed by atoms with Crippen LogP contribution in [0.5, 0.6) is 0 Å². The summed E-state index contributed by atoms with van der Waals surface area (Å²) in [6, 6.07) is 9.75. The second kappa shape index (κ2) is 11.7. The summed E-state index contributed by atoms with van der Waals surface area (Å²) >= 11 is 0. The van der Waals surface area contributed by atoms with Gasteiger partial charge in [0, 0.05) is 38.0 Å². The van der Waals surface area contributed by atoms with Crippen molar-refractivity contribution >= 4 is 17.6 Å². The van der Waals surface area contributed by atoms with Gasteiger partial charge in [0.15, 0.2) is 11.7 Å². The minimum atomic E-state index is -0.832. The van der Waals surface area contributed by atoms with E-state index in [4.69, 9.17) is 11.1 Å². The summed E-state index contributed by atoms with van der Waals surface area (Å²) in [5, 5.41) is 7.76. The molecular weight excluding hydrogens is 452 g/mol. The number of aromatic nitrogens is 1. The maximum Gasteiger partial charge on any atom is 0.240 e. The first-order chi connectivity index (χ1) is 16.8. The molecule has 2 aromatic rings. The molecule has 0 spiro atoms. The molecule has 0 radical (unpaired) electrons. The van der Waals surface area contributed by atoms with E-state index in [1.165, 1.54) is 13.2 Å². The maximum atomic E-state index is 14.4. The van der Waals surface area contributed by atoms with Crippen molar-refractivity contribution in [2.45, 2.75) is 44.6 Å². The van der Waals surface area contributed by atoms with Crippen molar-refractivity contribution in [2.75, 3.05) is 20.3 Å². The number of pyridine rings is 1. The zero-order valence-electron chi connectivity index (χ0n) is 20.0. The first kappa shape index (κ1) is 26.0. The molecule has 0 bridgehead atoms. The van der Waals surface area contributed by atoms with Crippen LogP contribution in [0.15, 0.2) is 54.4 Å². The zero-order chi connectivity index (χ0) is 25.5. The van der Waals surface area contributed by atoms with Crippen LogP contribution in [0.3, 0.4) is 0 Å². The Morgan fingerprint density at radius 2 is 2.06 bits per heavy atom. The largest absolute Gasteiger partial charge is 0.370 e. The topological polar surface area (TPSA) is 103 Å². The van der Waals surface area contributed by atoms with E-state index in [2.05, 4.69) is 4.98 Å². The fraction of sp³-hybridized carbons (Fsp3) is 0.385. The number of amides is 1.